The van der Waals surface area contributed by atoms with E-state index in [-0.39, 0.29) is 5.92 Å². The van der Waals surface area contributed by atoms with Gasteiger partial charge < -0.3 is 0 Å². The van der Waals surface area contributed by atoms with Crippen LogP contribution in [0.15, 0.2) is 103 Å². The van der Waals surface area contributed by atoms with E-state index in [1.54, 1.807) is 0 Å². The van der Waals surface area contributed by atoms with Crippen molar-refractivity contribution < 1.29 is 4.57 Å². The third-order valence-corrected chi connectivity index (χ3v) is 9.87. The summed E-state index contributed by atoms with van der Waals surface area (Å²) in [6.07, 6.45) is 0. The lowest BCUT2D eigenvalue weighted by atomic mass is 9.60. The van der Waals surface area contributed by atoms with Gasteiger partial charge in [-0.05, 0) is 107 Å². The van der Waals surface area contributed by atoms with Crippen LogP contribution < -0.4 is 4.57 Å². The Morgan fingerprint density at radius 3 is 1.88 bits per heavy atom. The highest BCUT2D eigenvalue weighted by Crippen LogP contribution is 2.57. The van der Waals surface area contributed by atoms with E-state index in [0.717, 1.165) is 0 Å². The molecule has 1 aromatic heterocycles. The van der Waals surface area contributed by atoms with Gasteiger partial charge in [0.2, 0.25) is 11.2 Å². The molecule has 0 saturated carbocycles. The van der Waals surface area contributed by atoms with E-state index in [2.05, 4.69) is 142 Å². The minimum absolute atomic E-state index is 0.284. The van der Waals surface area contributed by atoms with E-state index in [1.165, 1.54) is 88.9 Å². The van der Waals surface area contributed by atoms with Crippen molar-refractivity contribution in [1.29, 1.82) is 0 Å². The van der Waals surface area contributed by atoms with Crippen LogP contribution in [0, 0.1) is 27.7 Å². The molecule has 1 heteroatoms. The van der Waals surface area contributed by atoms with Gasteiger partial charge >= 0.3 is 0 Å². The van der Waals surface area contributed by atoms with Crippen LogP contribution in [0.1, 0.15) is 67.5 Å². The summed E-state index contributed by atoms with van der Waals surface area (Å²) < 4.78 is 2.37. The molecule has 3 aliphatic rings. The summed E-state index contributed by atoms with van der Waals surface area (Å²) in [6, 6.07) is 39.2. The van der Waals surface area contributed by atoms with Gasteiger partial charge in [-0.1, -0.05) is 78.4 Å². The lowest BCUT2D eigenvalue weighted by molar-refractivity contribution is -0.633. The second kappa shape index (κ2) is 8.75. The molecule has 0 spiro atoms. The van der Waals surface area contributed by atoms with E-state index >= 15 is 0 Å². The van der Waals surface area contributed by atoms with E-state index in [0.29, 0.717) is 5.92 Å². The van der Waals surface area contributed by atoms with Crippen molar-refractivity contribution in [3.8, 4) is 22.4 Å². The summed E-state index contributed by atoms with van der Waals surface area (Å²) in [5.74, 6) is 0.594. The molecule has 1 heterocycles. The number of hydrogen-bond donors (Lipinski definition) is 0. The molecule has 0 saturated heterocycles. The fourth-order valence-electron chi connectivity index (χ4n) is 7.92. The van der Waals surface area contributed by atoms with Crippen LogP contribution in [0.2, 0.25) is 0 Å². The standard InChI is InChI=1S/C40H34N/c1-23-19-24(2)26(4)34(20-23)37-18-17-29-28(15-10-16-36(29)41(37)5)27-21-25(3)38-35(22-27)39-30-11-6-8-13-32(30)40(38)33-14-9-7-12-31(33)39/h6-22,39-40H,1-5H3/q+1. The van der Waals surface area contributed by atoms with E-state index in [1.807, 2.05) is 0 Å². The second-order valence-electron chi connectivity index (χ2n) is 12.2. The van der Waals surface area contributed by atoms with E-state index in [4.69, 9.17) is 0 Å². The number of nitrogens with zero attached hydrogens (tertiary/aromatic N) is 1. The number of aromatic nitrogens is 1. The minimum atomic E-state index is 0.284. The van der Waals surface area contributed by atoms with Crippen LogP contribution in [0.4, 0.5) is 0 Å². The first-order valence-electron chi connectivity index (χ1n) is 14.7. The highest BCUT2D eigenvalue weighted by atomic mass is 14.9. The average Bonchev–Trinajstić information content (AvgIpc) is 2.99. The van der Waals surface area contributed by atoms with Crippen molar-refractivity contribution in [3.63, 3.8) is 0 Å². The number of hydrogen-bond acceptors (Lipinski definition) is 0. The van der Waals surface area contributed by atoms with Crippen LogP contribution in [0.3, 0.4) is 0 Å². The molecule has 6 aromatic rings. The predicted molar refractivity (Wildman–Crippen MR) is 170 cm³/mol. The molecule has 0 unspecified atom stereocenters. The van der Waals surface area contributed by atoms with Gasteiger partial charge in [-0.3, -0.25) is 0 Å². The number of pyridine rings is 1. The van der Waals surface area contributed by atoms with Gasteiger partial charge in [-0.25, -0.2) is 0 Å². The van der Waals surface area contributed by atoms with Gasteiger partial charge in [0.25, 0.3) is 0 Å². The summed E-state index contributed by atoms with van der Waals surface area (Å²) in [6.45, 7) is 8.97. The Hall–Kier alpha value is -4.49. The van der Waals surface area contributed by atoms with Crippen molar-refractivity contribution in [3.05, 3.63) is 159 Å². The molecule has 0 fully saturated rings. The van der Waals surface area contributed by atoms with Gasteiger partial charge in [0.15, 0.2) is 0 Å². The van der Waals surface area contributed by atoms with Gasteiger partial charge in [-0.15, -0.1) is 0 Å². The van der Waals surface area contributed by atoms with Crippen molar-refractivity contribution in [2.24, 2.45) is 7.05 Å². The Balaban J connectivity index is 1.33. The van der Waals surface area contributed by atoms with Gasteiger partial charge in [0.05, 0.1) is 5.39 Å². The molecular weight excluding hydrogens is 494 g/mol. The molecule has 0 amide bonds. The second-order valence-corrected chi connectivity index (χ2v) is 12.2. The van der Waals surface area contributed by atoms with Crippen LogP contribution in [0.5, 0.6) is 0 Å². The molecule has 41 heavy (non-hydrogen) atoms. The minimum Gasteiger partial charge on any atom is -0.194 e. The van der Waals surface area contributed by atoms with E-state index in [9.17, 15) is 0 Å². The highest BCUT2D eigenvalue weighted by Gasteiger charge is 2.42. The summed E-state index contributed by atoms with van der Waals surface area (Å²) >= 11 is 0. The Morgan fingerprint density at radius 2 is 1.20 bits per heavy atom. The smallest absolute Gasteiger partial charge is 0.194 e. The molecule has 1 nitrogen and oxygen atoms in total. The molecule has 0 radical (unpaired) electrons. The average molecular weight is 529 g/mol. The summed E-state index contributed by atoms with van der Waals surface area (Å²) in [5, 5.41) is 1.29. The Labute approximate surface area is 242 Å². The van der Waals surface area contributed by atoms with Gasteiger partial charge in [0, 0.05) is 29.5 Å². The van der Waals surface area contributed by atoms with Crippen molar-refractivity contribution in [2.45, 2.75) is 39.5 Å². The first-order chi connectivity index (χ1) is 19.9. The number of rotatable bonds is 2. The Kier molecular flexibility index (Phi) is 5.19. The van der Waals surface area contributed by atoms with Crippen LogP contribution in [-0.4, -0.2) is 0 Å². The maximum absolute atomic E-state index is 2.50. The van der Waals surface area contributed by atoms with Crippen molar-refractivity contribution >= 4 is 10.9 Å². The quantitative estimate of drug-likeness (QED) is 0.197. The monoisotopic (exact) mass is 528 g/mol. The van der Waals surface area contributed by atoms with Crippen molar-refractivity contribution in [2.75, 3.05) is 0 Å². The molecule has 5 aromatic carbocycles. The molecule has 3 aliphatic carbocycles. The third kappa shape index (κ3) is 3.39. The molecule has 9 rings (SSSR count). The lowest BCUT2D eigenvalue weighted by Gasteiger charge is -2.43. The largest absolute Gasteiger partial charge is 0.213 e. The zero-order chi connectivity index (χ0) is 28.0. The molecular formula is C40H34N+. The highest BCUT2D eigenvalue weighted by molar-refractivity contribution is 5.94. The van der Waals surface area contributed by atoms with Crippen LogP contribution >= 0.6 is 0 Å². The third-order valence-electron chi connectivity index (χ3n) is 9.87. The molecule has 198 valence electrons. The maximum Gasteiger partial charge on any atom is 0.213 e. The first kappa shape index (κ1) is 24.3. The summed E-state index contributed by atoms with van der Waals surface area (Å²) in [4.78, 5) is 0. The first-order valence-corrected chi connectivity index (χ1v) is 14.7. The normalized spacial score (nSPS) is 16.4. The zero-order valence-corrected chi connectivity index (χ0v) is 24.4. The zero-order valence-electron chi connectivity index (χ0n) is 24.4. The fraction of sp³-hybridized carbons (Fsp3) is 0.175. The van der Waals surface area contributed by atoms with E-state index < -0.39 is 0 Å². The van der Waals surface area contributed by atoms with Gasteiger partial charge in [0.1, 0.15) is 7.05 Å². The topological polar surface area (TPSA) is 3.88 Å². The number of benzene rings is 5. The summed E-state index contributed by atoms with van der Waals surface area (Å²) in [7, 11) is 2.21. The lowest BCUT2D eigenvalue weighted by Crippen LogP contribution is -2.32. The Morgan fingerprint density at radius 1 is 0.537 bits per heavy atom. The van der Waals surface area contributed by atoms with Gasteiger partial charge in [-0.2, -0.15) is 4.57 Å². The fourth-order valence-corrected chi connectivity index (χ4v) is 7.92. The SMILES string of the molecule is Cc1cc(C)c(C)c(-c2ccc3c(-c4cc(C)c5c(c4)C4c6ccccc6C5c5ccccc54)cccc3[n+]2C)c1. The van der Waals surface area contributed by atoms with Crippen molar-refractivity contribution in [1.82, 2.24) is 0 Å². The van der Waals surface area contributed by atoms with Crippen LogP contribution in [0.25, 0.3) is 33.3 Å². The number of aryl methyl sites for hydroxylation is 4. The molecule has 0 aliphatic heterocycles. The predicted octanol–water partition coefficient (Wildman–Crippen LogP) is 9.22. The maximum atomic E-state index is 2.50. The number of fused-ring (bicyclic) bond motifs is 1. The Bertz CT molecular complexity index is 2010. The molecule has 2 bridgehead atoms. The molecule has 0 N–H and O–H groups in total. The van der Waals surface area contributed by atoms with Crippen LogP contribution in [-0.2, 0) is 7.05 Å². The molecule has 0 atom stereocenters. The summed E-state index contributed by atoms with van der Waals surface area (Å²) in [5.41, 5.74) is 20.7.